The van der Waals surface area contributed by atoms with E-state index in [0.29, 0.717) is 4.77 Å². The Balaban J connectivity index is 2.67. The molecule has 1 aromatic carbocycles. The molecule has 0 aliphatic rings. The van der Waals surface area contributed by atoms with Gasteiger partial charge in [0, 0.05) is 28.0 Å². The smallest absolute Gasteiger partial charge is 0.182 e. The highest BCUT2D eigenvalue weighted by Crippen LogP contribution is 2.27. The van der Waals surface area contributed by atoms with Crippen molar-refractivity contribution in [3.63, 3.8) is 0 Å². The second kappa shape index (κ2) is 4.56. The number of nitrogens with zero attached hydrogens (tertiary/aromatic N) is 1. The molecule has 0 unspecified atom stereocenters. The number of halogens is 1. The average Bonchev–Trinajstić information content (AvgIpc) is 2.64. The first-order chi connectivity index (χ1) is 8.30. The fourth-order valence-electron chi connectivity index (χ4n) is 1.90. The largest absolute Gasteiger partial charge is 0.337 e. The summed E-state index contributed by atoms with van der Waals surface area (Å²) < 4.78 is 2.74. The monoisotopic (exact) mass is 280 g/mol. The minimum atomic E-state index is 0.0188. The molecule has 1 aromatic heterocycles. The normalized spacial score (nSPS) is 11.8. The Morgan fingerprint density at radius 2 is 1.94 bits per heavy atom. The molecule has 0 bridgehead atoms. The van der Waals surface area contributed by atoms with Crippen molar-refractivity contribution in [2.45, 2.75) is 33.1 Å². The predicted octanol–water partition coefficient (Wildman–Crippen LogP) is 4.79. The van der Waals surface area contributed by atoms with Gasteiger partial charge in [-0.05, 0) is 36.8 Å². The molecule has 4 heteroatoms. The average molecular weight is 281 g/mol. The molecule has 2 aromatic rings. The minimum absolute atomic E-state index is 0.0188. The second-order valence-electron chi connectivity index (χ2n) is 5.50. The number of imidazole rings is 1. The lowest BCUT2D eigenvalue weighted by atomic mass is 9.92. The Kier molecular flexibility index (Phi) is 3.39. The maximum absolute atomic E-state index is 6.19. The van der Waals surface area contributed by atoms with Crippen LogP contribution >= 0.6 is 23.8 Å². The van der Waals surface area contributed by atoms with Crippen molar-refractivity contribution >= 4 is 23.8 Å². The first-order valence-corrected chi connectivity index (χ1v) is 6.67. The van der Waals surface area contributed by atoms with Gasteiger partial charge in [-0.15, -0.1) is 0 Å². The van der Waals surface area contributed by atoms with E-state index >= 15 is 0 Å². The van der Waals surface area contributed by atoms with Gasteiger partial charge in [0.05, 0.1) is 0 Å². The van der Waals surface area contributed by atoms with Crippen LogP contribution in [0.15, 0.2) is 24.4 Å². The van der Waals surface area contributed by atoms with Crippen LogP contribution in [0.2, 0.25) is 5.02 Å². The molecule has 1 heterocycles. The molecule has 0 saturated carbocycles. The summed E-state index contributed by atoms with van der Waals surface area (Å²) in [6, 6.07) is 6.01. The number of aryl methyl sites for hydroxylation is 1. The molecular formula is C14H17ClN2S. The topological polar surface area (TPSA) is 20.7 Å². The summed E-state index contributed by atoms with van der Waals surface area (Å²) in [7, 11) is 0. The number of nitrogens with one attached hydrogen (secondary N) is 1. The SMILES string of the molecule is Cc1ccc(-n2c(C(C)(C)C)c[nH]c2=S)cc1Cl. The van der Waals surface area contributed by atoms with E-state index in [4.69, 9.17) is 23.8 Å². The molecule has 0 spiro atoms. The van der Waals surface area contributed by atoms with E-state index in [-0.39, 0.29) is 5.41 Å². The van der Waals surface area contributed by atoms with Gasteiger partial charge in [0.25, 0.3) is 0 Å². The Bertz CT molecular complexity index is 632. The van der Waals surface area contributed by atoms with Crippen molar-refractivity contribution in [1.82, 2.24) is 9.55 Å². The summed E-state index contributed by atoms with van der Waals surface area (Å²) in [6.45, 7) is 8.49. The molecule has 18 heavy (non-hydrogen) atoms. The molecule has 2 rings (SSSR count). The van der Waals surface area contributed by atoms with Gasteiger partial charge >= 0.3 is 0 Å². The van der Waals surface area contributed by atoms with E-state index in [0.717, 1.165) is 22.0 Å². The van der Waals surface area contributed by atoms with E-state index < -0.39 is 0 Å². The molecule has 0 saturated heterocycles. The molecular weight excluding hydrogens is 264 g/mol. The van der Waals surface area contributed by atoms with Crippen molar-refractivity contribution in [3.8, 4) is 5.69 Å². The lowest BCUT2D eigenvalue weighted by Gasteiger charge is -2.21. The van der Waals surface area contributed by atoms with Gasteiger partial charge in [0.1, 0.15) is 0 Å². The fourth-order valence-corrected chi connectivity index (χ4v) is 2.34. The van der Waals surface area contributed by atoms with Crippen molar-refractivity contribution < 1.29 is 0 Å². The van der Waals surface area contributed by atoms with Crippen LogP contribution in [-0.2, 0) is 5.41 Å². The summed E-state index contributed by atoms with van der Waals surface area (Å²) in [5.74, 6) is 0. The first kappa shape index (κ1) is 13.4. The van der Waals surface area contributed by atoms with Crippen LogP contribution in [0.25, 0.3) is 5.69 Å². The van der Waals surface area contributed by atoms with E-state index in [1.807, 2.05) is 35.9 Å². The van der Waals surface area contributed by atoms with Crippen LogP contribution < -0.4 is 0 Å². The second-order valence-corrected chi connectivity index (χ2v) is 6.29. The molecule has 0 atom stereocenters. The van der Waals surface area contributed by atoms with Crippen LogP contribution in [0.3, 0.4) is 0 Å². The number of aromatic nitrogens is 2. The van der Waals surface area contributed by atoms with Gasteiger partial charge in [-0.3, -0.25) is 4.57 Å². The summed E-state index contributed by atoms with van der Waals surface area (Å²) >= 11 is 11.6. The van der Waals surface area contributed by atoms with Crippen LogP contribution in [0, 0.1) is 11.7 Å². The lowest BCUT2D eigenvalue weighted by Crippen LogP contribution is -2.16. The third-order valence-corrected chi connectivity index (χ3v) is 3.67. The fraction of sp³-hybridized carbons (Fsp3) is 0.357. The maximum Gasteiger partial charge on any atom is 0.182 e. The molecule has 0 aliphatic heterocycles. The zero-order valence-electron chi connectivity index (χ0n) is 11.0. The van der Waals surface area contributed by atoms with Crippen molar-refractivity contribution in [1.29, 1.82) is 0 Å². The van der Waals surface area contributed by atoms with E-state index in [1.54, 1.807) is 0 Å². The Hall–Kier alpha value is -1.06. The quantitative estimate of drug-likeness (QED) is 0.745. The van der Waals surface area contributed by atoms with E-state index in [1.165, 1.54) is 0 Å². The third-order valence-electron chi connectivity index (χ3n) is 2.96. The number of aromatic amines is 1. The zero-order valence-corrected chi connectivity index (χ0v) is 12.6. The van der Waals surface area contributed by atoms with E-state index in [9.17, 15) is 0 Å². The van der Waals surface area contributed by atoms with Crippen LogP contribution in [0.5, 0.6) is 0 Å². The minimum Gasteiger partial charge on any atom is -0.337 e. The Labute approximate surface area is 118 Å². The highest BCUT2D eigenvalue weighted by Gasteiger charge is 2.20. The van der Waals surface area contributed by atoms with Gasteiger partial charge in [0.2, 0.25) is 0 Å². The molecule has 0 aliphatic carbocycles. The standard InChI is InChI=1S/C14H17ClN2S/c1-9-5-6-10(7-11(9)15)17-12(14(2,3)4)8-16-13(17)18/h5-8H,1-4H3,(H,16,18). The predicted molar refractivity (Wildman–Crippen MR) is 79.4 cm³/mol. The summed E-state index contributed by atoms with van der Waals surface area (Å²) in [6.07, 6.45) is 1.97. The number of benzene rings is 1. The highest BCUT2D eigenvalue weighted by molar-refractivity contribution is 7.71. The van der Waals surface area contributed by atoms with Crippen molar-refractivity contribution in [3.05, 3.63) is 45.4 Å². The third kappa shape index (κ3) is 2.38. The number of rotatable bonds is 1. The molecule has 2 nitrogen and oxygen atoms in total. The summed E-state index contributed by atoms with van der Waals surface area (Å²) in [5, 5.41) is 0.760. The van der Waals surface area contributed by atoms with Crippen molar-refractivity contribution in [2.24, 2.45) is 0 Å². The molecule has 0 amide bonds. The number of H-pyrrole nitrogens is 1. The Morgan fingerprint density at radius 1 is 1.28 bits per heavy atom. The van der Waals surface area contributed by atoms with E-state index in [2.05, 4.69) is 25.8 Å². The first-order valence-electron chi connectivity index (χ1n) is 5.88. The maximum atomic E-state index is 6.19. The van der Waals surface area contributed by atoms with Gasteiger partial charge in [-0.2, -0.15) is 0 Å². The van der Waals surface area contributed by atoms with Gasteiger partial charge in [-0.1, -0.05) is 38.4 Å². The van der Waals surface area contributed by atoms with Gasteiger partial charge in [-0.25, -0.2) is 0 Å². The van der Waals surface area contributed by atoms with Gasteiger partial charge in [0.15, 0.2) is 4.77 Å². The lowest BCUT2D eigenvalue weighted by molar-refractivity contribution is 0.556. The van der Waals surface area contributed by atoms with Crippen molar-refractivity contribution in [2.75, 3.05) is 0 Å². The number of hydrogen-bond acceptors (Lipinski definition) is 1. The summed E-state index contributed by atoms with van der Waals surface area (Å²) in [4.78, 5) is 3.11. The molecule has 96 valence electrons. The zero-order chi connectivity index (χ0) is 13.5. The molecule has 1 N–H and O–H groups in total. The van der Waals surface area contributed by atoms with Crippen LogP contribution in [0.4, 0.5) is 0 Å². The Morgan fingerprint density at radius 3 is 2.50 bits per heavy atom. The summed E-state index contributed by atoms with van der Waals surface area (Å²) in [5.41, 5.74) is 3.24. The molecule has 0 fully saturated rings. The van der Waals surface area contributed by atoms with Crippen LogP contribution in [0.1, 0.15) is 32.0 Å². The number of hydrogen-bond donors (Lipinski definition) is 1. The molecule has 0 radical (unpaired) electrons. The van der Waals surface area contributed by atoms with Gasteiger partial charge < -0.3 is 4.98 Å². The highest BCUT2D eigenvalue weighted by atomic mass is 35.5. The van der Waals surface area contributed by atoms with Crippen LogP contribution in [-0.4, -0.2) is 9.55 Å².